The number of anilines is 2. The van der Waals surface area contributed by atoms with Gasteiger partial charge in [0.1, 0.15) is 17.7 Å². The maximum atomic E-state index is 15.1. The van der Waals surface area contributed by atoms with Crippen molar-refractivity contribution in [2.45, 2.75) is 57.0 Å². The smallest absolute Gasteiger partial charge is 0.322 e. The summed E-state index contributed by atoms with van der Waals surface area (Å²) < 4.78 is 15.1. The van der Waals surface area contributed by atoms with Crippen molar-refractivity contribution in [3.8, 4) is 0 Å². The van der Waals surface area contributed by atoms with Gasteiger partial charge in [0.25, 0.3) is 0 Å². The molecule has 1 aromatic heterocycles. The SMILES string of the molecule is C[C@@H]1C[C@H](C(=O)Nc2cc(C(N)(CCC3CC3)C3=CC=NC=CC3)ccc2F)N(C(=O)Nc2ccc(Cl)cn2)C1. The minimum atomic E-state index is -0.837. The predicted molar refractivity (Wildman–Crippen MR) is 156 cm³/mol. The van der Waals surface area contributed by atoms with Gasteiger partial charge < -0.3 is 16.0 Å². The van der Waals surface area contributed by atoms with E-state index in [4.69, 9.17) is 17.3 Å². The summed E-state index contributed by atoms with van der Waals surface area (Å²) >= 11 is 5.88. The van der Waals surface area contributed by atoms with Gasteiger partial charge in [0.2, 0.25) is 5.91 Å². The number of nitrogens with zero attached hydrogens (tertiary/aromatic N) is 3. The van der Waals surface area contributed by atoms with Gasteiger partial charge in [0.05, 0.1) is 16.2 Å². The monoisotopic (exact) mass is 564 g/mol. The Labute approximate surface area is 238 Å². The number of nitrogens with one attached hydrogen (secondary N) is 2. The molecule has 4 N–H and O–H groups in total. The summed E-state index contributed by atoms with van der Waals surface area (Å²) in [5.41, 5.74) is 8.01. The molecule has 40 heavy (non-hydrogen) atoms. The number of halogens is 2. The van der Waals surface area contributed by atoms with Crippen LogP contribution < -0.4 is 16.4 Å². The number of likely N-dealkylation sites (tertiary alicyclic amines) is 1. The van der Waals surface area contributed by atoms with Crippen LogP contribution in [-0.2, 0) is 10.3 Å². The maximum Gasteiger partial charge on any atom is 0.323 e. The molecule has 0 spiro atoms. The van der Waals surface area contributed by atoms with Crippen LogP contribution in [0.1, 0.15) is 51.0 Å². The molecule has 1 saturated heterocycles. The third kappa shape index (κ3) is 6.42. The number of benzene rings is 1. The average molecular weight is 565 g/mol. The van der Waals surface area contributed by atoms with E-state index in [1.807, 2.05) is 19.1 Å². The van der Waals surface area contributed by atoms with Crippen molar-refractivity contribution in [2.24, 2.45) is 22.6 Å². The number of aliphatic imine (C=N–C) groups is 1. The number of pyridine rings is 1. The number of rotatable bonds is 8. The molecule has 1 aromatic carbocycles. The molecular weight excluding hydrogens is 531 g/mol. The predicted octanol–water partition coefficient (Wildman–Crippen LogP) is 6.01. The zero-order valence-electron chi connectivity index (χ0n) is 22.4. The number of amides is 3. The number of carbonyl (C=O) groups excluding carboxylic acids is 2. The second-order valence-electron chi connectivity index (χ2n) is 11.0. The van der Waals surface area contributed by atoms with E-state index in [0.29, 0.717) is 42.6 Å². The van der Waals surface area contributed by atoms with Gasteiger partial charge in [0, 0.05) is 25.2 Å². The van der Waals surface area contributed by atoms with Crippen LogP contribution in [0.4, 0.5) is 20.7 Å². The molecular formula is C30H34ClFN6O2. The van der Waals surface area contributed by atoms with Crippen molar-refractivity contribution in [3.05, 3.63) is 76.9 Å². The van der Waals surface area contributed by atoms with E-state index in [0.717, 1.165) is 17.6 Å². The third-order valence-electron chi connectivity index (χ3n) is 7.88. The Morgan fingerprint density at radius 2 is 2.05 bits per heavy atom. The minimum absolute atomic E-state index is 0.0430. The minimum Gasteiger partial charge on any atom is -0.322 e. The molecule has 1 unspecified atom stereocenters. The number of urea groups is 1. The maximum absolute atomic E-state index is 15.1. The number of allylic oxidation sites excluding steroid dienone is 2. The number of hydrogen-bond acceptors (Lipinski definition) is 5. The van der Waals surface area contributed by atoms with E-state index < -0.39 is 29.3 Å². The Hall–Kier alpha value is -3.56. The Morgan fingerprint density at radius 1 is 1.23 bits per heavy atom. The number of hydrogen-bond donors (Lipinski definition) is 3. The fourth-order valence-corrected chi connectivity index (χ4v) is 5.53. The Kier molecular flexibility index (Phi) is 8.32. The van der Waals surface area contributed by atoms with E-state index in [1.165, 1.54) is 30.0 Å². The first-order valence-corrected chi connectivity index (χ1v) is 14.1. The largest absolute Gasteiger partial charge is 0.323 e. The average Bonchev–Trinajstić information content (AvgIpc) is 3.74. The zero-order chi connectivity index (χ0) is 28.3. The first-order valence-electron chi connectivity index (χ1n) is 13.7. The van der Waals surface area contributed by atoms with Crippen molar-refractivity contribution in [1.82, 2.24) is 9.88 Å². The molecule has 0 bridgehead atoms. The molecule has 1 aliphatic carbocycles. The van der Waals surface area contributed by atoms with Gasteiger partial charge in [-0.2, -0.15) is 0 Å². The molecule has 3 atom stereocenters. The molecule has 210 valence electrons. The van der Waals surface area contributed by atoms with E-state index in [-0.39, 0.29) is 11.6 Å². The Bertz CT molecular complexity index is 1360. The summed E-state index contributed by atoms with van der Waals surface area (Å²) in [6.45, 7) is 2.35. The van der Waals surface area contributed by atoms with E-state index in [9.17, 15) is 9.59 Å². The van der Waals surface area contributed by atoms with Gasteiger partial charge in [-0.3, -0.25) is 15.1 Å². The lowest BCUT2D eigenvalue weighted by molar-refractivity contribution is -0.119. The first-order chi connectivity index (χ1) is 19.2. The fraction of sp³-hybridized carbons (Fsp3) is 0.400. The van der Waals surface area contributed by atoms with Crippen LogP contribution in [0, 0.1) is 17.7 Å². The second kappa shape index (κ2) is 11.9. The molecule has 2 aromatic rings. The van der Waals surface area contributed by atoms with E-state index in [1.54, 1.807) is 36.7 Å². The Morgan fingerprint density at radius 3 is 2.80 bits per heavy atom. The van der Waals surface area contributed by atoms with E-state index in [2.05, 4.69) is 20.6 Å². The summed E-state index contributed by atoms with van der Waals surface area (Å²) in [6, 6.07) is 6.65. The van der Waals surface area contributed by atoms with Crippen LogP contribution in [0.25, 0.3) is 0 Å². The molecule has 3 amide bonds. The molecule has 5 rings (SSSR count). The van der Waals surface area contributed by atoms with Gasteiger partial charge in [-0.1, -0.05) is 43.5 Å². The van der Waals surface area contributed by atoms with Crippen molar-refractivity contribution < 1.29 is 14.0 Å². The Balaban J connectivity index is 1.36. The molecule has 10 heteroatoms. The van der Waals surface area contributed by atoms with Crippen molar-refractivity contribution in [1.29, 1.82) is 0 Å². The van der Waals surface area contributed by atoms with Crippen molar-refractivity contribution in [2.75, 3.05) is 17.2 Å². The highest BCUT2D eigenvalue weighted by Crippen LogP contribution is 2.41. The van der Waals surface area contributed by atoms with E-state index >= 15 is 4.39 Å². The normalized spacial score (nSPS) is 21.9. The zero-order valence-corrected chi connectivity index (χ0v) is 23.2. The summed E-state index contributed by atoms with van der Waals surface area (Å²) in [5.74, 6) is 0.0638. The van der Waals surface area contributed by atoms with Gasteiger partial charge in [-0.05, 0) is 79.0 Å². The fourth-order valence-electron chi connectivity index (χ4n) is 5.42. The van der Waals surface area contributed by atoms with Crippen molar-refractivity contribution in [3.63, 3.8) is 0 Å². The number of carbonyl (C=O) groups is 2. The standard InChI is InChI=1S/C30H34ClFN6O2/c1-19-15-26(38(18-19)29(40)37-27-9-7-23(31)17-35-27)28(39)36-25-16-22(6-8-24(25)32)30(33,12-10-20-4-5-20)21-3-2-13-34-14-11-21/h2,6-9,11,13-14,16-17,19-20,26H,3-5,10,12,15,18,33H2,1H3,(H,36,39)(H,35,37,40)/t19-,26-,30?/m1/s1. The molecule has 3 heterocycles. The molecule has 8 nitrogen and oxygen atoms in total. The highest BCUT2D eigenvalue weighted by atomic mass is 35.5. The molecule has 1 saturated carbocycles. The van der Waals surface area contributed by atoms with Gasteiger partial charge in [0.15, 0.2) is 0 Å². The van der Waals surface area contributed by atoms with Crippen LogP contribution in [0.3, 0.4) is 0 Å². The summed E-state index contributed by atoms with van der Waals surface area (Å²) in [4.78, 5) is 36.3. The summed E-state index contributed by atoms with van der Waals surface area (Å²) in [5, 5.41) is 5.91. The lowest BCUT2D eigenvalue weighted by Crippen LogP contribution is -2.45. The first kappa shape index (κ1) is 28.0. The summed E-state index contributed by atoms with van der Waals surface area (Å²) in [7, 11) is 0. The van der Waals surface area contributed by atoms with Crippen LogP contribution in [0.2, 0.25) is 5.02 Å². The highest BCUT2D eigenvalue weighted by Gasteiger charge is 2.39. The second-order valence-corrected chi connectivity index (χ2v) is 11.5. The van der Waals surface area contributed by atoms with Crippen LogP contribution >= 0.6 is 11.6 Å². The lowest BCUT2D eigenvalue weighted by atomic mass is 9.77. The number of aromatic nitrogens is 1. The highest BCUT2D eigenvalue weighted by molar-refractivity contribution is 6.30. The number of nitrogens with two attached hydrogens (primary N) is 1. The van der Waals surface area contributed by atoms with Gasteiger partial charge in [-0.15, -0.1) is 0 Å². The quantitative estimate of drug-likeness (QED) is 0.364. The summed E-state index contributed by atoms with van der Waals surface area (Å²) in [6.07, 6.45) is 14.0. The third-order valence-corrected chi connectivity index (χ3v) is 8.11. The van der Waals surface area contributed by atoms with Crippen LogP contribution in [-0.4, -0.2) is 40.6 Å². The topological polar surface area (TPSA) is 113 Å². The van der Waals surface area contributed by atoms with Crippen LogP contribution in [0.15, 0.2) is 65.4 Å². The lowest BCUT2D eigenvalue weighted by Gasteiger charge is -2.33. The van der Waals surface area contributed by atoms with Crippen molar-refractivity contribution >= 4 is 41.3 Å². The van der Waals surface area contributed by atoms with Crippen LogP contribution in [0.5, 0.6) is 0 Å². The molecule has 2 fully saturated rings. The molecule has 0 radical (unpaired) electrons. The molecule has 2 aliphatic heterocycles. The van der Waals surface area contributed by atoms with Gasteiger partial charge >= 0.3 is 6.03 Å². The van der Waals surface area contributed by atoms with Gasteiger partial charge in [-0.25, -0.2) is 14.2 Å². The molecule has 3 aliphatic rings.